The molecule has 1 N–H and O–H groups in total. The second-order valence-electron chi connectivity index (χ2n) is 13.0. The number of rotatable bonds is 8. The Labute approximate surface area is 208 Å². The first-order chi connectivity index (χ1) is 15.2. The lowest BCUT2D eigenvalue weighted by atomic mass is 9.90. The maximum Gasteiger partial charge on any atom is 0.410 e. The van der Waals surface area contributed by atoms with E-state index in [4.69, 9.17) is 18.6 Å². The summed E-state index contributed by atoms with van der Waals surface area (Å²) in [5, 5.41) is 2.88. The Balaban J connectivity index is 3.05. The molecule has 0 bridgehead atoms. The van der Waals surface area contributed by atoms with Gasteiger partial charge in [-0.15, -0.1) is 0 Å². The van der Waals surface area contributed by atoms with Gasteiger partial charge in [-0.05, 0) is 78.9 Å². The summed E-state index contributed by atoms with van der Waals surface area (Å²) in [6.45, 7) is 23.5. The van der Waals surface area contributed by atoms with Crippen molar-refractivity contribution in [1.82, 2.24) is 10.2 Å². The molecule has 2 atom stereocenters. The second kappa shape index (κ2) is 11.2. The number of carbonyl (C=O) groups excluding carboxylic acids is 2. The lowest BCUT2D eigenvalue weighted by molar-refractivity contribution is -0.0141. The third-order valence-electron chi connectivity index (χ3n) is 6.35. The Morgan fingerprint density at radius 1 is 1.00 bits per heavy atom. The number of alkyl carbamates (subject to hydrolysis) is 1. The zero-order valence-electron chi connectivity index (χ0n) is 23.7. The SMILES string of the molecule is COC[C@]1(CCCNC(=O)OC(C)(C)C)C[C@@H](O[Si](C)(C)C(C)(C)C)CN1C(=O)OC(C)(C)C. The van der Waals surface area contributed by atoms with Gasteiger partial charge in [0.05, 0.1) is 18.2 Å². The van der Waals surface area contributed by atoms with Crippen LogP contribution >= 0.6 is 0 Å². The van der Waals surface area contributed by atoms with E-state index in [0.29, 0.717) is 39.0 Å². The Morgan fingerprint density at radius 3 is 2.03 bits per heavy atom. The van der Waals surface area contributed by atoms with Crippen LogP contribution < -0.4 is 5.32 Å². The van der Waals surface area contributed by atoms with Gasteiger partial charge in [-0.1, -0.05) is 20.8 Å². The number of carbonyl (C=O) groups is 2. The fourth-order valence-electron chi connectivity index (χ4n) is 3.89. The molecule has 8 nitrogen and oxygen atoms in total. The average Bonchev–Trinajstić information content (AvgIpc) is 2.93. The number of amides is 2. The highest BCUT2D eigenvalue weighted by Crippen LogP contribution is 2.42. The molecule has 1 rings (SSSR count). The Kier molecular flexibility index (Phi) is 10.1. The molecule has 2 amide bonds. The first kappa shape index (κ1) is 30.7. The molecule has 0 aliphatic carbocycles. The van der Waals surface area contributed by atoms with E-state index >= 15 is 0 Å². The number of likely N-dealkylation sites (tertiary alicyclic amines) is 1. The minimum Gasteiger partial charge on any atom is -0.444 e. The van der Waals surface area contributed by atoms with E-state index in [1.165, 1.54) is 0 Å². The molecular weight excluding hydrogens is 452 g/mol. The summed E-state index contributed by atoms with van der Waals surface area (Å²) in [6, 6.07) is 0. The summed E-state index contributed by atoms with van der Waals surface area (Å²) in [4.78, 5) is 27.1. The lowest BCUT2D eigenvalue weighted by Gasteiger charge is -2.39. The lowest BCUT2D eigenvalue weighted by Crippen LogP contribution is -2.52. The van der Waals surface area contributed by atoms with Crippen LogP contribution in [0.2, 0.25) is 18.1 Å². The van der Waals surface area contributed by atoms with Gasteiger partial charge in [0.25, 0.3) is 0 Å². The van der Waals surface area contributed by atoms with E-state index in [2.05, 4.69) is 39.2 Å². The van der Waals surface area contributed by atoms with Gasteiger partial charge in [0, 0.05) is 20.2 Å². The summed E-state index contributed by atoms with van der Waals surface area (Å²) < 4.78 is 23.4. The smallest absolute Gasteiger partial charge is 0.410 e. The van der Waals surface area contributed by atoms with Crippen LogP contribution in [-0.4, -0.2) is 75.1 Å². The molecule has 200 valence electrons. The second-order valence-corrected chi connectivity index (χ2v) is 17.7. The number of hydrogen-bond acceptors (Lipinski definition) is 6. The van der Waals surface area contributed by atoms with E-state index in [1.54, 1.807) is 12.0 Å². The Hall–Kier alpha value is -1.32. The van der Waals surface area contributed by atoms with Crippen LogP contribution in [0.25, 0.3) is 0 Å². The Morgan fingerprint density at radius 2 is 1.56 bits per heavy atom. The molecule has 1 aliphatic heterocycles. The highest BCUT2D eigenvalue weighted by atomic mass is 28.4. The van der Waals surface area contributed by atoms with E-state index in [0.717, 1.165) is 0 Å². The number of nitrogens with one attached hydrogen (secondary N) is 1. The molecule has 0 aromatic carbocycles. The monoisotopic (exact) mass is 502 g/mol. The quantitative estimate of drug-likeness (QED) is 0.338. The van der Waals surface area contributed by atoms with E-state index < -0.39 is 31.2 Å². The van der Waals surface area contributed by atoms with E-state index in [9.17, 15) is 9.59 Å². The zero-order valence-corrected chi connectivity index (χ0v) is 24.7. The fourth-order valence-corrected chi connectivity index (χ4v) is 5.23. The van der Waals surface area contributed by atoms with Gasteiger partial charge in [0.15, 0.2) is 8.32 Å². The summed E-state index contributed by atoms with van der Waals surface area (Å²) in [6.07, 6.45) is 1.08. The van der Waals surface area contributed by atoms with Crippen LogP contribution in [0, 0.1) is 0 Å². The van der Waals surface area contributed by atoms with E-state index in [1.807, 2.05) is 41.5 Å². The molecule has 0 radical (unpaired) electrons. The van der Waals surface area contributed by atoms with Gasteiger partial charge in [0.2, 0.25) is 0 Å². The molecule has 0 saturated carbocycles. The maximum absolute atomic E-state index is 13.3. The Bertz CT molecular complexity index is 693. The topological polar surface area (TPSA) is 86.3 Å². The molecule has 0 unspecified atom stereocenters. The number of hydrogen-bond donors (Lipinski definition) is 1. The van der Waals surface area contributed by atoms with Crippen LogP contribution in [0.1, 0.15) is 81.6 Å². The van der Waals surface area contributed by atoms with Crippen LogP contribution in [0.15, 0.2) is 0 Å². The van der Waals surface area contributed by atoms with Crippen molar-refractivity contribution in [3.05, 3.63) is 0 Å². The molecule has 0 spiro atoms. The van der Waals surface area contributed by atoms with Gasteiger partial charge in [-0.25, -0.2) is 9.59 Å². The number of nitrogens with zero attached hydrogens (tertiary/aromatic N) is 1. The molecule has 9 heteroatoms. The van der Waals surface area contributed by atoms with Crippen molar-refractivity contribution in [2.75, 3.05) is 26.8 Å². The van der Waals surface area contributed by atoms with Crippen molar-refractivity contribution in [2.24, 2.45) is 0 Å². The van der Waals surface area contributed by atoms with Crippen molar-refractivity contribution >= 4 is 20.5 Å². The predicted octanol–water partition coefficient (Wildman–Crippen LogP) is 5.71. The molecule has 1 heterocycles. The van der Waals surface area contributed by atoms with Gasteiger partial charge in [-0.2, -0.15) is 0 Å². The maximum atomic E-state index is 13.3. The predicted molar refractivity (Wildman–Crippen MR) is 138 cm³/mol. The highest BCUT2D eigenvalue weighted by molar-refractivity contribution is 6.74. The molecular formula is C25H50N2O6Si. The molecule has 34 heavy (non-hydrogen) atoms. The summed E-state index contributed by atoms with van der Waals surface area (Å²) in [5.41, 5.74) is -1.72. The van der Waals surface area contributed by atoms with Crippen molar-refractivity contribution in [2.45, 2.75) is 123 Å². The molecule has 1 aliphatic rings. The van der Waals surface area contributed by atoms with Crippen LogP contribution in [-0.2, 0) is 18.6 Å². The summed E-state index contributed by atoms with van der Waals surface area (Å²) >= 11 is 0. The first-order valence-electron chi connectivity index (χ1n) is 12.4. The molecule has 1 fully saturated rings. The van der Waals surface area contributed by atoms with Gasteiger partial charge < -0.3 is 24.0 Å². The van der Waals surface area contributed by atoms with Crippen LogP contribution in [0.3, 0.4) is 0 Å². The minimum absolute atomic E-state index is 0.0631. The third-order valence-corrected chi connectivity index (χ3v) is 10.9. The standard InChI is InChI=1S/C25H50N2O6Si/c1-22(2,3)31-20(28)26-15-13-14-25(18-30-10)16-19(33-34(11,12)24(7,8)9)17-27(25)21(29)32-23(4,5)6/h19H,13-18H2,1-12H3,(H,26,28)/t19-,25+/m1/s1. The minimum atomic E-state index is -2.04. The fraction of sp³-hybridized carbons (Fsp3) is 0.920. The van der Waals surface area contributed by atoms with E-state index in [-0.39, 0.29) is 17.2 Å². The number of ether oxygens (including phenoxy) is 3. The van der Waals surface area contributed by atoms with Crippen molar-refractivity contribution in [3.8, 4) is 0 Å². The van der Waals surface area contributed by atoms with Crippen LogP contribution in [0.4, 0.5) is 9.59 Å². The van der Waals surface area contributed by atoms with Gasteiger partial charge in [0.1, 0.15) is 11.2 Å². The highest BCUT2D eigenvalue weighted by Gasteiger charge is 2.51. The normalized spacial score (nSPS) is 22.0. The molecule has 0 aromatic heterocycles. The zero-order chi connectivity index (χ0) is 26.6. The first-order valence-corrected chi connectivity index (χ1v) is 15.3. The van der Waals surface area contributed by atoms with Crippen molar-refractivity contribution in [1.29, 1.82) is 0 Å². The third kappa shape index (κ3) is 9.38. The van der Waals surface area contributed by atoms with Crippen molar-refractivity contribution < 1.29 is 28.2 Å². The van der Waals surface area contributed by atoms with Gasteiger partial charge in [-0.3, -0.25) is 4.90 Å². The van der Waals surface area contributed by atoms with Gasteiger partial charge >= 0.3 is 12.2 Å². The van der Waals surface area contributed by atoms with Crippen molar-refractivity contribution in [3.63, 3.8) is 0 Å². The molecule has 0 aromatic rings. The average molecular weight is 503 g/mol. The molecule has 1 saturated heterocycles. The number of methoxy groups -OCH3 is 1. The largest absolute Gasteiger partial charge is 0.444 e. The summed E-state index contributed by atoms with van der Waals surface area (Å²) in [5.74, 6) is 0. The summed E-state index contributed by atoms with van der Waals surface area (Å²) in [7, 11) is -0.387. The van der Waals surface area contributed by atoms with Crippen LogP contribution in [0.5, 0.6) is 0 Å².